The molecule has 0 saturated carbocycles. The van der Waals surface area contributed by atoms with Crippen molar-refractivity contribution in [3.05, 3.63) is 0 Å². The van der Waals surface area contributed by atoms with Gasteiger partial charge < -0.3 is 5.11 Å². The maximum absolute atomic E-state index is 11.5. The Bertz CT molecular complexity index is 203. The standard InChI is InChI=1S/C11H21NO2/c1-4-10(13)9(2)12-7-5-11(3,14)6-8-12/h9,14H,4-8H2,1-3H3/t9-/m1/s1. The minimum atomic E-state index is -0.522. The van der Waals surface area contributed by atoms with Crippen molar-refractivity contribution < 1.29 is 9.90 Å². The van der Waals surface area contributed by atoms with Gasteiger partial charge in [0.2, 0.25) is 0 Å². The van der Waals surface area contributed by atoms with Gasteiger partial charge in [0.1, 0.15) is 5.78 Å². The lowest BCUT2D eigenvalue weighted by Gasteiger charge is -2.38. The van der Waals surface area contributed by atoms with Crippen molar-refractivity contribution in [1.82, 2.24) is 4.90 Å². The second-order valence-electron chi connectivity index (χ2n) is 4.53. The van der Waals surface area contributed by atoms with Crippen LogP contribution in [0.1, 0.15) is 40.0 Å². The maximum atomic E-state index is 11.5. The number of nitrogens with zero attached hydrogens (tertiary/aromatic N) is 1. The molecule has 3 nitrogen and oxygen atoms in total. The predicted molar refractivity (Wildman–Crippen MR) is 56.2 cm³/mol. The minimum absolute atomic E-state index is 0.0242. The molecule has 0 aromatic rings. The Labute approximate surface area is 86.1 Å². The third kappa shape index (κ3) is 2.79. The second kappa shape index (κ2) is 4.41. The van der Waals surface area contributed by atoms with E-state index in [0.29, 0.717) is 12.2 Å². The number of Topliss-reactive ketones (excluding diaryl/α,β-unsaturated/α-hetero) is 1. The molecule has 0 aromatic heterocycles. The van der Waals surface area contributed by atoms with Crippen molar-refractivity contribution in [2.45, 2.75) is 51.7 Å². The van der Waals surface area contributed by atoms with Crippen LogP contribution < -0.4 is 0 Å². The summed E-state index contributed by atoms with van der Waals surface area (Å²) in [5, 5.41) is 9.76. The van der Waals surface area contributed by atoms with E-state index in [1.807, 2.05) is 20.8 Å². The molecule has 1 atom stereocenters. The molecule has 0 bridgehead atoms. The van der Waals surface area contributed by atoms with Crippen LogP contribution in [-0.4, -0.2) is 40.5 Å². The summed E-state index contributed by atoms with van der Waals surface area (Å²) in [7, 11) is 0. The molecule has 1 fully saturated rings. The van der Waals surface area contributed by atoms with E-state index < -0.39 is 5.60 Å². The molecular formula is C11H21NO2. The Morgan fingerprint density at radius 3 is 2.43 bits per heavy atom. The number of hydrogen-bond acceptors (Lipinski definition) is 3. The number of rotatable bonds is 3. The van der Waals surface area contributed by atoms with Crippen LogP contribution in [-0.2, 0) is 4.79 Å². The smallest absolute Gasteiger partial charge is 0.149 e. The fourth-order valence-corrected chi connectivity index (χ4v) is 1.89. The maximum Gasteiger partial charge on any atom is 0.149 e. The first kappa shape index (κ1) is 11.7. The van der Waals surface area contributed by atoms with Crippen LogP contribution in [0.2, 0.25) is 0 Å². The Morgan fingerprint density at radius 1 is 1.50 bits per heavy atom. The molecule has 1 heterocycles. The summed E-state index contributed by atoms with van der Waals surface area (Å²) < 4.78 is 0. The normalized spacial score (nSPS) is 24.6. The lowest BCUT2D eigenvalue weighted by atomic mass is 9.92. The predicted octanol–water partition coefficient (Wildman–Crippen LogP) is 1.20. The van der Waals surface area contributed by atoms with E-state index in [4.69, 9.17) is 0 Å². The van der Waals surface area contributed by atoms with Crippen LogP contribution in [0.25, 0.3) is 0 Å². The van der Waals surface area contributed by atoms with Gasteiger partial charge in [0.25, 0.3) is 0 Å². The largest absolute Gasteiger partial charge is 0.390 e. The van der Waals surface area contributed by atoms with Gasteiger partial charge in [0.05, 0.1) is 11.6 Å². The first-order valence-corrected chi connectivity index (χ1v) is 5.45. The molecular weight excluding hydrogens is 178 g/mol. The lowest BCUT2D eigenvalue weighted by Crippen LogP contribution is -2.48. The van der Waals surface area contributed by atoms with Gasteiger partial charge in [-0.1, -0.05) is 6.92 Å². The molecule has 82 valence electrons. The van der Waals surface area contributed by atoms with Gasteiger partial charge in [0.15, 0.2) is 0 Å². The Morgan fingerprint density at radius 2 is 2.00 bits per heavy atom. The summed E-state index contributed by atoms with van der Waals surface area (Å²) in [6.45, 7) is 7.40. The van der Waals surface area contributed by atoms with E-state index in [2.05, 4.69) is 4.90 Å². The summed E-state index contributed by atoms with van der Waals surface area (Å²) in [6, 6.07) is 0.0242. The zero-order chi connectivity index (χ0) is 10.8. The number of carbonyl (C=O) groups excluding carboxylic acids is 1. The average molecular weight is 199 g/mol. The van der Waals surface area contributed by atoms with Crippen LogP contribution in [0.5, 0.6) is 0 Å². The molecule has 3 heteroatoms. The average Bonchev–Trinajstić information content (AvgIpc) is 2.15. The molecule has 14 heavy (non-hydrogen) atoms. The molecule has 0 radical (unpaired) electrons. The number of likely N-dealkylation sites (tertiary alicyclic amines) is 1. The van der Waals surface area contributed by atoms with Gasteiger partial charge in [0, 0.05) is 19.5 Å². The zero-order valence-electron chi connectivity index (χ0n) is 9.42. The molecule has 0 amide bonds. The third-order valence-electron chi connectivity index (χ3n) is 3.24. The molecule has 1 saturated heterocycles. The highest BCUT2D eigenvalue weighted by Gasteiger charge is 2.30. The number of ketones is 1. The SMILES string of the molecule is CCC(=O)[C@@H](C)N1CCC(C)(O)CC1. The summed E-state index contributed by atoms with van der Waals surface area (Å²) in [4.78, 5) is 13.6. The minimum Gasteiger partial charge on any atom is -0.390 e. The highest BCUT2D eigenvalue weighted by Crippen LogP contribution is 2.22. The Kier molecular flexibility index (Phi) is 3.67. The van der Waals surface area contributed by atoms with Gasteiger partial charge in [-0.3, -0.25) is 9.69 Å². The van der Waals surface area contributed by atoms with E-state index in [1.54, 1.807) is 0 Å². The van der Waals surface area contributed by atoms with Crippen LogP contribution in [0, 0.1) is 0 Å². The molecule has 0 aliphatic carbocycles. The number of carbonyl (C=O) groups is 1. The van der Waals surface area contributed by atoms with Crippen molar-refractivity contribution >= 4 is 5.78 Å². The summed E-state index contributed by atoms with van der Waals surface area (Å²) in [5.74, 6) is 0.298. The second-order valence-corrected chi connectivity index (χ2v) is 4.53. The van der Waals surface area contributed by atoms with E-state index >= 15 is 0 Å². The van der Waals surface area contributed by atoms with E-state index in [9.17, 15) is 9.90 Å². The molecule has 0 aromatic carbocycles. The molecule has 0 spiro atoms. The molecule has 1 N–H and O–H groups in total. The first-order chi connectivity index (χ1) is 6.46. The van der Waals surface area contributed by atoms with Crippen molar-refractivity contribution in [3.63, 3.8) is 0 Å². The van der Waals surface area contributed by atoms with Crippen LogP contribution in [0.15, 0.2) is 0 Å². The Hall–Kier alpha value is -0.410. The van der Waals surface area contributed by atoms with Gasteiger partial charge in [-0.2, -0.15) is 0 Å². The van der Waals surface area contributed by atoms with Gasteiger partial charge in [-0.25, -0.2) is 0 Å². The number of aliphatic hydroxyl groups is 1. The fraction of sp³-hybridized carbons (Fsp3) is 0.909. The highest BCUT2D eigenvalue weighted by atomic mass is 16.3. The van der Waals surface area contributed by atoms with Crippen LogP contribution in [0.3, 0.4) is 0 Å². The lowest BCUT2D eigenvalue weighted by molar-refractivity contribution is -0.125. The topological polar surface area (TPSA) is 40.5 Å². The van der Waals surface area contributed by atoms with Gasteiger partial charge >= 0.3 is 0 Å². The molecule has 1 aliphatic heterocycles. The summed E-state index contributed by atoms with van der Waals surface area (Å²) in [6.07, 6.45) is 2.15. The molecule has 0 unspecified atom stereocenters. The summed E-state index contributed by atoms with van der Waals surface area (Å²) >= 11 is 0. The van der Waals surface area contributed by atoms with Crippen molar-refractivity contribution in [2.75, 3.05) is 13.1 Å². The Balaban J connectivity index is 2.45. The quantitative estimate of drug-likeness (QED) is 0.742. The zero-order valence-corrected chi connectivity index (χ0v) is 9.42. The number of hydrogen-bond donors (Lipinski definition) is 1. The summed E-state index contributed by atoms with van der Waals surface area (Å²) in [5.41, 5.74) is -0.522. The number of piperidine rings is 1. The van der Waals surface area contributed by atoms with Gasteiger partial charge in [-0.05, 0) is 26.7 Å². The molecule has 1 rings (SSSR count). The fourth-order valence-electron chi connectivity index (χ4n) is 1.89. The monoisotopic (exact) mass is 199 g/mol. The highest BCUT2D eigenvalue weighted by molar-refractivity contribution is 5.83. The first-order valence-electron chi connectivity index (χ1n) is 5.45. The van der Waals surface area contributed by atoms with E-state index in [-0.39, 0.29) is 6.04 Å². The van der Waals surface area contributed by atoms with Gasteiger partial charge in [-0.15, -0.1) is 0 Å². The van der Waals surface area contributed by atoms with Crippen molar-refractivity contribution in [3.8, 4) is 0 Å². The van der Waals surface area contributed by atoms with Crippen LogP contribution >= 0.6 is 0 Å². The van der Waals surface area contributed by atoms with Crippen molar-refractivity contribution in [2.24, 2.45) is 0 Å². The van der Waals surface area contributed by atoms with E-state index in [1.165, 1.54) is 0 Å². The molecule has 1 aliphatic rings. The van der Waals surface area contributed by atoms with Crippen molar-refractivity contribution in [1.29, 1.82) is 0 Å². The van der Waals surface area contributed by atoms with Crippen LogP contribution in [0.4, 0.5) is 0 Å². The third-order valence-corrected chi connectivity index (χ3v) is 3.24. The van der Waals surface area contributed by atoms with E-state index in [0.717, 1.165) is 25.9 Å².